The normalized spacial score (nSPS) is 12.0. The molecule has 0 N–H and O–H groups in total. The topological polar surface area (TPSA) is 43.1 Å². The maximum Gasteiger partial charge on any atom is 0.416 e. The number of aromatic nitrogens is 4. The molecule has 0 aliphatic rings. The third-order valence-electron chi connectivity index (χ3n) is 2.73. The van der Waals surface area contributed by atoms with Crippen LogP contribution in [0.3, 0.4) is 0 Å². The Hall–Kier alpha value is -1.96. The van der Waals surface area contributed by atoms with E-state index in [9.17, 15) is 13.2 Å². The van der Waals surface area contributed by atoms with Crippen LogP contribution in [0.15, 0.2) is 41.4 Å². The Bertz CT molecular complexity index is 764. The summed E-state index contributed by atoms with van der Waals surface area (Å²) in [6.45, 7) is 0. The third-order valence-corrected chi connectivity index (χ3v) is 3.12. The molecule has 0 fully saturated rings. The zero-order valence-corrected chi connectivity index (χ0v) is 11.4. The van der Waals surface area contributed by atoms with E-state index in [2.05, 4.69) is 31.1 Å². The van der Waals surface area contributed by atoms with Gasteiger partial charge in [0.05, 0.1) is 5.56 Å². The fraction of sp³-hybridized carbons (Fsp3) is 0.0833. The van der Waals surface area contributed by atoms with Crippen LogP contribution in [0.25, 0.3) is 16.9 Å². The van der Waals surface area contributed by atoms with Crippen molar-refractivity contribution < 1.29 is 13.2 Å². The number of hydrogen-bond acceptors (Lipinski definition) is 3. The second kappa shape index (κ2) is 4.55. The van der Waals surface area contributed by atoms with Crippen LogP contribution in [-0.4, -0.2) is 19.6 Å². The van der Waals surface area contributed by atoms with E-state index in [0.29, 0.717) is 21.5 Å². The second-order valence-electron chi connectivity index (χ2n) is 4.05. The summed E-state index contributed by atoms with van der Waals surface area (Å²) >= 11 is 3.24. The molecule has 20 heavy (non-hydrogen) atoms. The maximum atomic E-state index is 12.5. The molecule has 4 nitrogen and oxygen atoms in total. The molecule has 2 heterocycles. The number of fused-ring (bicyclic) bond motifs is 1. The van der Waals surface area contributed by atoms with Crippen molar-refractivity contribution in [3.05, 3.63) is 47.0 Å². The lowest BCUT2D eigenvalue weighted by atomic mass is 10.1. The lowest BCUT2D eigenvalue weighted by Crippen LogP contribution is -2.04. The van der Waals surface area contributed by atoms with Gasteiger partial charge in [-0.05, 0) is 28.1 Å². The van der Waals surface area contributed by atoms with E-state index in [1.807, 2.05) is 0 Å². The molecule has 0 unspecified atom stereocenters. The van der Waals surface area contributed by atoms with Gasteiger partial charge in [0.15, 0.2) is 5.65 Å². The molecule has 102 valence electrons. The maximum absolute atomic E-state index is 12.5. The van der Waals surface area contributed by atoms with Gasteiger partial charge in [-0.3, -0.25) is 4.40 Å². The first-order valence-corrected chi connectivity index (χ1v) is 6.28. The Balaban J connectivity index is 2.14. The minimum absolute atomic E-state index is 0.464. The second-order valence-corrected chi connectivity index (χ2v) is 4.86. The number of nitrogens with zero attached hydrogens (tertiary/aromatic N) is 4. The molecule has 3 rings (SSSR count). The van der Waals surface area contributed by atoms with Gasteiger partial charge in [0.2, 0.25) is 0 Å². The van der Waals surface area contributed by atoms with Crippen molar-refractivity contribution in [2.75, 3.05) is 0 Å². The number of hydrogen-bond donors (Lipinski definition) is 0. The number of halogens is 4. The van der Waals surface area contributed by atoms with Gasteiger partial charge in [-0.25, -0.2) is 4.98 Å². The van der Waals surface area contributed by atoms with Crippen LogP contribution < -0.4 is 0 Å². The quantitative estimate of drug-likeness (QED) is 0.678. The highest BCUT2D eigenvalue weighted by Crippen LogP contribution is 2.31. The van der Waals surface area contributed by atoms with Crippen LogP contribution in [0.5, 0.6) is 0 Å². The number of benzene rings is 1. The van der Waals surface area contributed by atoms with Crippen LogP contribution in [0.1, 0.15) is 5.56 Å². The van der Waals surface area contributed by atoms with Gasteiger partial charge in [0.1, 0.15) is 16.6 Å². The predicted octanol–water partition coefficient (Wildman–Crippen LogP) is 3.57. The summed E-state index contributed by atoms with van der Waals surface area (Å²) in [6, 6.07) is 4.77. The summed E-state index contributed by atoms with van der Waals surface area (Å²) in [7, 11) is 0. The molecule has 8 heteroatoms. The molecular formula is C12H6BrF3N4. The number of rotatable bonds is 1. The fourth-order valence-corrected chi connectivity index (χ4v) is 2.22. The van der Waals surface area contributed by atoms with Gasteiger partial charge < -0.3 is 0 Å². The lowest BCUT2D eigenvalue weighted by Gasteiger charge is -2.08. The van der Waals surface area contributed by atoms with Crippen LogP contribution in [0.2, 0.25) is 0 Å². The molecule has 0 amide bonds. The van der Waals surface area contributed by atoms with Gasteiger partial charge in [0.25, 0.3) is 0 Å². The van der Waals surface area contributed by atoms with Crippen molar-refractivity contribution in [1.82, 2.24) is 19.6 Å². The fourth-order valence-electron chi connectivity index (χ4n) is 1.82. The smallest absolute Gasteiger partial charge is 0.284 e. The summed E-state index contributed by atoms with van der Waals surface area (Å²) in [6.07, 6.45) is -1.19. The highest BCUT2D eigenvalue weighted by Gasteiger charge is 2.30. The Morgan fingerprint density at radius 2 is 1.80 bits per heavy atom. The standard InChI is InChI=1S/C12H6BrF3N4/c13-9-5-20-6-17-19-11(20)10(18-9)7-1-3-8(4-2-7)12(14,15)16/h1-6H. The average Bonchev–Trinajstić information content (AvgIpc) is 2.85. The third kappa shape index (κ3) is 2.26. The Kier molecular flexibility index (Phi) is 2.97. The van der Waals surface area contributed by atoms with E-state index in [1.165, 1.54) is 18.5 Å². The minimum Gasteiger partial charge on any atom is -0.284 e. The van der Waals surface area contributed by atoms with Crippen molar-refractivity contribution in [3.8, 4) is 11.3 Å². The lowest BCUT2D eigenvalue weighted by molar-refractivity contribution is -0.137. The molecule has 0 atom stereocenters. The first-order valence-electron chi connectivity index (χ1n) is 5.48. The molecule has 2 aromatic heterocycles. The molecule has 0 aliphatic carbocycles. The highest BCUT2D eigenvalue weighted by molar-refractivity contribution is 9.10. The van der Waals surface area contributed by atoms with Crippen molar-refractivity contribution in [1.29, 1.82) is 0 Å². The Morgan fingerprint density at radius 1 is 1.10 bits per heavy atom. The van der Waals surface area contributed by atoms with Crippen LogP contribution in [-0.2, 0) is 6.18 Å². The highest BCUT2D eigenvalue weighted by atomic mass is 79.9. The van der Waals surface area contributed by atoms with E-state index >= 15 is 0 Å². The molecular weight excluding hydrogens is 337 g/mol. The molecule has 0 saturated heterocycles. The zero-order chi connectivity index (χ0) is 14.3. The van der Waals surface area contributed by atoms with Crippen molar-refractivity contribution in [2.45, 2.75) is 6.18 Å². The molecule has 1 aromatic carbocycles. The van der Waals surface area contributed by atoms with Crippen LogP contribution in [0.4, 0.5) is 13.2 Å². The van der Waals surface area contributed by atoms with Crippen molar-refractivity contribution in [3.63, 3.8) is 0 Å². The van der Waals surface area contributed by atoms with Gasteiger partial charge in [0, 0.05) is 11.8 Å². The predicted molar refractivity (Wildman–Crippen MR) is 68.9 cm³/mol. The van der Waals surface area contributed by atoms with E-state index in [4.69, 9.17) is 0 Å². The van der Waals surface area contributed by atoms with Gasteiger partial charge >= 0.3 is 6.18 Å². The van der Waals surface area contributed by atoms with Crippen molar-refractivity contribution >= 4 is 21.6 Å². The Labute approximate surface area is 119 Å². The molecule has 0 bridgehead atoms. The molecule has 0 spiro atoms. The first kappa shape index (κ1) is 13.0. The molecule has 0 aliphatic heterocycles. The van der Waals surface area contributed by atoms with E-state index in [0.717, 1.165) is 12.1 Å². The van der Waals surface area contributed by atoms with Gasteiger partial charge in [-0.2, -0.15) is 13.2 Å². The van der Waals surface area contributed by atoms with E-state index in [-0.39, 0.29) is 0 Å². The first-order chi connectivity index (χ1) is 9.45. The number of alkyl halides is 3. The average molecular weight is 343 g/mol. The van der Waals surface area contributed by atoms with Gasteiger partial charge in [-0.15, -0.1) is 10.2 Å². The summed E-state index contributed by atoms with van der Waals surface area (Å²) < 4.78 is 39.8. The van der Waals surface area contributed by atoms with Crippen LogP contribution >= 0.6 is 15.9 Å². The van der Waals surface area contributed by atoms with Gasteiger partial charge in [-0.1, -0.05) is 12.1 Å². The molecule has 0 saturated carbocycles. The summed E-state index contributed by atoms with van der Waals surface area (Å²) in [4.78, 5) is 4.25. The molecule has 3 aromatic rings. The Morgan fingerprint density at radius 3 is 2.45 bits per heavy atom. The summed E-state index contributed by atoms with van der Waals surface area (Å²) in [5, 5.41) is 7.67. The zero-order valence-electron chi connectivity index (χ0n) is 9.76. The van der Waals surface area contributed by atoms with E-state index < -0.39 is 11.7 Å². The van der Waals surface area contributed by atoms with Crippen molar-refractivity contribution in [2.24, 2.45) is 0 Å². The molecule has 0 radical (unpaired) electrons. The SMILES string of the molecule is FC(F)(F)c1ccc(-c2nc(Br)cn3cnnc23)cc1. The van der Waals surface area contributed by atoms with Crippen LogP contribution in [0, 0.1) is 0 Å². The minimum atomic E-state index is -4.35. The largest absolute Gasteiger partial charge is 0.416 e. The summed E-state index contributed by atoms with van der Waals surface area (Å²) in [5.41, 5.74) is 0.782. The summed E-state index contributed by atoms with van der Waals surface area (Å²) in [5.74, 6) is 0. The van der Waals surface area contributed by atoms with E-state index in [1.54, 1.807) is 10.6 Å². The monoisotopic (exact) mass is 342 g/mol.